The third kappa shape index (κ3) is 7.10. The predicted octanol–water partition coefficient (Wildman–Crippen LogP) is 5.89. The standard InChI is InChI=1S/C25H23ClN2O4S/c1-3-32-25(31)17-7-9-20(10-8-17)27-23(29)16(2)33-22-13-11-21(12-14-22)28-24(30)18-5-4-6-19(26)15-18/h4-16H,3H2,1-2H3,(H,27,29)(H,28,30). The molecule has 0 bridgehead atoms. The summed E-state index contributed by atoms with van der Waals surface area (Å²) in [4.78, 5) is 37.5. The van der Waals surface area contributed by atoms with Crippen molar-refractivity contribution >= 4 is 52.5 Å². The minimum absolute atomic E-state index is 0.165. The molecule has 3 rings (SSSR count). The van der Waals surface area contributed by atoms with Gasteiger partial charge in [-0.15, -0.1) is 11.8 Å². The maximum Gasteiger partial charge on any atom is 0.338 e. The number of hydrogen-bond donors (Lipinski definition) is 2. The lowest BCUT2D eigenvalue weighted by atomic mass is 10.2. The van der Waals surface area contributed by atoms with Gasteiger partial charge in [0.15, 0.2) is 0 Å². The van der Waals surface area contributed by atoms with E-state index in [2.05, 4.69) is 10.6 Å². The Morgan fingerprint density at radius 1 is 0.909 bits per heavy atom. The SMILES string of the molecule is CCOC(=O)c1ccc(NC(=O)C(C)Sc2ccc(NC(=O)c3cccc(Cl)c3)cc2)cc1. The quantitative estimate of drug-likeness (QED) is 0.309. The largest absolute Gasteiger partial charge is 0.462 e. The molecule has 3 aromatic rings. The molecule has 0 saturated carbocycles. The Morgan fingerprint density at radius 2 is 1.55 bits per heavy atom. The molecule has 0 aliphatic carbocycles. The van der Waals surface area contributed by atoms with E-state index in [9.17, 15) is 14.4 Å². The Kier molecular flexibility index (Phi) is 8.52. The van der Waals surface area contributed by atoms with Crippen LogP contribution in [0.15, 0.2) is 77.7 Å². The van der Waals surface area contributed by atoms with Gasteiger partial charge in [-0.2, -0.15) is 0 Å². The smallest absolute Gasteiger partial charge is 0.338 e. The van der Waals surface area contributed by atoms with E-state index >= 15 is 0 Å². The second-order valence-corrected chi connectivity index (χ2v) is 8.89. The molecule has 0 fully saturated rings. The molecule has 0 spiro atoms. The van der Waals surface area contributed by atoms with Gasteiger partial charge in [-0.05, 0) is 80.6 Å². The van der Waals surface area contributed by atoms with Gasteiger partial charge in [0, 0.05) is 26.9 Å². The van der Waals surface area contributed by atoms with Crippen LogP contribution in [0, 0.1) is 0 Å². The number of carbonyl (C=O) groups is 3. The number of amides is 2. The van der Waals surface area contributed by atoms with Gasteiger partial charge in [0.25, 0.3) is 5.91 Å². The molecule has 1 atom stereocenters. The highest BCUT2D eigenvalue weighted by Gasteiger charge is 2.15. The van der Waals surface area contributed by atoms with Crippen molar-refractivity contribution in [2.45, 2.75) is 24.0 Å². The van der Waals surface area contributed by atoms with Crippen molar-refractivity contribution in [3.05, 3.63) is 88.9 Å². The van der Waals surface area contributed by atoms with Crippen molar-refractivity contribution in [1.29, 1.82) is 0 Å². The van der Waals surface area contributed by atoms with Gasteiger partial charge in [-0.3, -0.25) is 9.59 Å². The number of carbonyl (C=O) groups excluding carboxylic acids is 3. The minimum Gasteiger partial charge on any atom is -0.462 e. The molecular weight excluding hydrogens is 460 g/mol. The zero-order valence-corrected chi connectivity index (χ0v) is 19.7. The van der Waals surface area contributed by atoms with Crippen LogP contribution in [0.3, 0.4) is 0 Å². The van der Waals surface area contributed by atoms with Gasteiger partial charge in [-0.1, -0.05) is 17.7 Å². The summed E-state index contributed by atoms with van der Waals surface area (Å²) in [7, 11) is 0. The molecule has 0 saturated heterocycles. The van der Waals surface area contributed by atoms with Crippen molar-refractivity contribution in [2.24, 2.45) is 0 Å². The number of halogens is 1. The lowest BCUT2D eigenvalue weighted by Gasteiger charge is -2.13. The van der Waals surface area contributed by atoms with Gasteiger partial charge in [0.05, 0.1) is 17.4 Å². The van der Waals surface area contributed by atoms with E-state index in [4.69, 9.17) is 16.3 Å². The molecule has 8 heteroatoms. The van der Waals surface area contributed by atoms with Crippen LogP contribution >= 0.6 is 23.4 Å². The van der Waals surface area contributed by atoms with Gasteiger partial charge in [0.2, 0.25) is 5.91 Å². The summed E-state index contributed by atoms with van der Waals surface area (Å²) < 4.78 is 4.95. The maximum absolute atomic E-state index is 12.5. The fourth-order valence-corrected chi connectivity index (χ4v) is 3.91. The van der Waals surface area contributed by atoms with Crippen LogP contribution < -0.4 is 10.6 Å². The molecule has 0 aliphatic heterocycles. The minimum atomic E-state index is -0.397. The van der Waals surface area contributed by atoms with Gasteiger partial charge >= 0.3 is 5.97 Å². The van der Waals surface area contributed by atoms with Gasteiger partial charge in [-0.25, -0.2) is 4.79 Å². The van der Waals surface area contributed by atoms with Gasteiger partial charge in [0.1, 0.15) is 0 Å². The van der Waals surface area contributed by atoms with E-state index in [1.165, 1.54) is 11.8 Å². The summed E-state index contributed by atoms with van der Waals surface area (Å²) in [5, 5.41) is 5.80. The summed E-state index contributed by atoms with van der Waals surface area (Å²) in [6.45, 7) is 3.86. The van der Waals surface area contributed by atoms with E-state index in [-0.39, 0.29) is 17.1 Å². The first-order chi connectivity index (χ1) is 15.9. The Hall–Kier alpha value is -3.29. The summed E-state index contributed by atoms with van der Waals surface area (Å²) in [5.41, 5.74) is 2.14. The summed E-state index contributed by atoms with van der Waals surface area (Å²) in [5.74, 6) is -0.812. The third-order valence-corrected chi connectivity index (χ3v) is 5.89. The predicted molar refractivity (Wildman–Crippen MR) is 132 cm³/mol. The average Bonchev–Trinajstić information content (AvgIpc) is 2.81. The molecule has 0 aliphatic rings. The topological polar surface area (TPSA) is 84.5 Å². The van der Waals surface area contributed by atoms with Crippen LogP contribution in [0.25, 0.3) is 0 Å². The summed E-state index contributed by atoms with van der Waals surface area (Å²) >= 11 is 7.33. The second kappa shape index (κ2) is 11.5. The van der Waals surface area contributed by atoms with Crippen molar-refractivity contribution in [3.8, 4) is 0 Å². The molecule has 1 unspecified atom stereocenters. The fraction of sp³-hybridized carbons (Fsp3) is 0.160. The Morgan fingerprint density at radius 3 is 2.18 bits per heavy atom. The van der Waals surface area contributed by atoms with E-state index in [0.29, 0.717) is 34.1 Å². The van der Waals surface area contributed by atoms with Crippen LogP contribution in [-0.2, 0) is 9.53 Å². The number of thioether (sulfide) groups is 1. The number of ether oxygens (including phenoxy) is 1. The van der Waals surface area contributed by atoms with Crippen LogP contribution in [0.2, 0.25) is 5.02 Å². The molecule has 0 aromatic heterocycles. The average molecular weight is 483 g/mol. The van der Waals surface area contributed by atoms with E-state index in [1.807, 2.05) is 19.1 Å². The Balaban J connectivity index is 1.53. The van der Waals surface area contributed by atoms with Crippen molar-refractivity contribution in [2.75, 3.05) is 17.2 Å². The molecule has 2 N–H and O–H groups in total. The molecule has 3 aromatic carbocycles. The number of anilines is 2. The summed E-state index contributed by atoms with van der Waals surface area (Å²) in [6.07, 6.45) is 0. The van der Waals surface area contributed by atoms with E-state index in [0.717, 1.165) is 4.90 Å². The Bertz CT molecular complexity index is 1130. The normalized spacial score (nSPS) is 11.4. The number of benzene rings is 3. The zero-order chi connectivity index (χ0) is 23.8. The van der Waals surface area contributed by atoms with Crippen LogP contribution in [0.4, 0.5) is 11.4 Å². The zero-order valence-electron chi connectivity index (χ0n) is 18.1. The molecule has 0 radical (unpaired) electrons. The number of rotatable bonds is 8. The fourth-order valence-electron chi connectivity index (χ4n) is 2.86. The summed E-state index contributed by atoms with van der Waals surface area (Å²) in [6, 6.07) is 20.5. The lowest BCUT2D eigenvalue weighted by Crippen LogP contribution is -2.22. The monoisotopic (exact) mass is 482 g/mol. The first kappa shape index (κ1) is 24.4. The molecule has 6 nitrogen and oxygen atoms in total. The Labute approximate surface area is 201 Å². The molecule has 33 heavy (non-hydrogen) atoms. The first-order valence-electron chi connectivity index (χ1n) is 10.3. The number of hydrogen-bond acceptors (Lipinski definition) is 5. The van der Waals surface area contributed by atoms with Crippen LogP contribution in [0.5, 0.6) is 0 Å². The first-order valence-corrected chi connectivity index (χ1v) is 11.5. The number of nitrogens with one attached hydrogen (secondary N) is 2. The van der Waals surface area contributed by atoms with E-state index in [1.54, 1.807) is 67.6 Å². The third-order valence-electron chi connectivity index (χ3n) is 4.54. The highest BCUT2D eigenvalue weighted by molar-refractivity contribution is 8.00. The lowest BCUT2D eigenvalue weighted by molar-refractivity contribution is -0.115. The van der Waals surface area contributed by atoms with E-state index < -0.39 is 5.97 Å². The highest BCUT2D eigenvalue weighted by atomic mass is 35.5. The second-order valence-electron chi connectivity index (χ2n) is 7.04. The number of esters is 1. The van der Waals surface area contributed by atoms with Crippen molar-refractivity contribution < 1.29 is 19.1 Å². The highest BCUT2D eigenvalue weighted by Crippen LogP contribution is 2.26. The maximum atomic E-state index is 12.5. The van der Waals surface area contributed by atoms with Gasteiger partial charge < -0.3 is 15.4 Å². The molecule has 170 valence electrons. The van der Waals surface area contributed by atoms with Crippen molar-refractivity contribution in [1.82, 2.24) is 0 Å². The molecule has 0 heterocycles. The van der Waals surface area contributed by atoms with Crippen LogP contribution in [0.1, 0.15) is 34.6 Å². The van der Waals surface area contributed by atoms with Crippen molar-refractivity contribution in [3.63, 3.8) is 0 Å². The van der Waals surface area contributed by atoms with Crippen LogP contribution in [-0.4, -0.2) is 29.6 Å². The molecular formula is C25H23ClN2O4S. The molecule has 2 amide bonds.